The van der Waals surface area contributed by atoms with Crippen LogP contribution in [0.2, 0.25) is 0 Å². The normalized spacial score (nSPS) is 10.3. The summed E-state index contributed by atoms with van der Waals surface area (Å²) in [5.74, 6) is -0.263. The standard InChI is InChI=1S/C16H12N4O/c1-10-8-18-15-14(10)6-13(9-19-15)20-16(21)12-4-2-3-11(5-12)7-17/h2-6,8-9H,1H3,(H,18,19)(H,20,21). The largest absolute Gasteiger partial charge is 0.346 e. The molecule has 2 aromatic heterocycles. The third-order valence-corrected chi connectivity index (χ3v) is 3.25. The van der Waals surface area contributed by atoms with Gasteiger partial charge in [-0.1, -0.05) is 6.07 Å². The number of hydrogen-bond donors (Lipinski definition) is 2. The maximum absolute atomic E-state index is 12.2. The molecule has 0 spiro atoms. The van der Waals surface area contributed by atoms with E-state index in [1.807, 2.05) is 25.3 Å². The summed E-state index contributed by atoms with van der Waals surface area (Å²) in [6, 6.07) is 10.5. The highest BCUT2D eigenvalue weighted by molar-refractivity contribution is 6.05. The van der Waals surface area contributed by atoms with Crippen LogP contribution in [0.3, 0.4) is 0 Å². The smallest absolute Gasteiger partial charge is 0.255 e. The molecule has 0 bridgehead atoms. The number of carbonyl (C=O) groups is 1. The number of aromatic amines is 1. The Balaban J connectivity index is 1.88. The molecular formula is C16H12N4O. The summed E-state index contributed by atoms with van der Waals surface area (Å²) in [5.41, 5.74) is 3.38. The number of nitriles is 1. The van der Waals surface area contributed by atoms with Crippen molar-refractivity contribution >= 4 is 22.6 Å². The molecule has 0 unspecified atom stereocenters. The minimum absolute atomic E-state index is 0.263. The van der Waals surface area contributed by atoms with E-state index < -0.39 is 0 Å². The fourth-order valence-electron chi connectivity index (χ4n) is 2.14. The third-order valence-electron chi connectivity index (χ3n) is 3.25. The minimum Gasteiger partial charge on any atom is -0.346 e. The first kappa shape index (κ1) is 12.9. The monoisotopic (exact) mass is 276 g/mol. The lowest BCUT2D eigenvalue weighted by molar-refractivity contribution is 0.102. The number of fused-ring (bicyclic) bond motifs is 1. The average Bonchev–Trinajstić information content (AvgIpc) is 2.88. The molecule has 1 amide bonds. The van der Waals surface area contributed by atoms with E-state index in [1.165, 1.54) is 0 Å². The molecule has 0 atom stereocenters. The van der Waals surface area contributed by atoms with Crippen molar-refractivity contribution in [3.8, 4) is 6.07 Å². The lowest BCUT2D eigenvalue weighted by Gasteiger charge is -2.05. The Labute approximate surface area is 121 Å². The maximum atomic E-state index is 12.2. The van der Waals surface area contributed by atoms with Gasteiger partial charge in [0, 0.05) is 17.1 Å². The van der Waals surface area contributed by atoms with Crippen LogP contribution >= 0.6 is 0 Å². The zero-order valence-corrected chi connectivity index (χ0v) is 11.3. The summed E-state index contributed by atoms with van der Waals surface area (Å²) >= 11 is 0. The molecule has 5 nitrogen and oxygen atoms in total. The van der Waals surface area contributed by atoms with Crippen molar-refractivity contribution in [1.82, 2.24) is 9.97 Å². The number of nitrogens with one attached hydrogen (secondary N) is 2. The van der Waals surface area contributed by atoms with Crippen LogP contribution in [0.4, 0.5) is 5.69 Å². The molecule has 1 aromatic carbocycles. The number of carbonyl (C=O) groups excluding carboxylic acids is 1. The number of nitrogens with zero attached hydrogens (tertiary/aromatic N) is 2. The number of rotatable bonds is 2. The number of anilines is 1. The third kappa shape index (κ3) is 2.47. The van der Waals surface area contributed by atoms with Crippen molar-refractivity contribution in [2.24, 2.45) is 0 Å². The van der Waals surface area contributed by atoms with E-state index in [-0.39, 0.29) is 5.91 Å². The molecule has 0 aliphatic heterocycles. The maximum Gasteiger partial charge on any atom is 0.255 e. The highest BCUT2D eigenvalue weighted by atomic mass is 16.1. The Kier molecular flexibility index (Phi) is 3.13. The van der Waals surface area contributed by atoms with Crippen molar-refractivity contribution < 1.29 is 4.79 Å². The van der Waals surface area contributed by atoms with Crippen LogP contribution in [-0.2, 0) is 0 Å². The van der Waals surface area contributed by atoms with Gasteiger partial charge in [-0.15, -0.1) is 0 Å². The van der Waals surface area contributed by atoms with Crippen LogP contribution in [0.5, 0.6) is 0 Å². The number of benzene rings is 1. The van der Waals surface area contributed by atoms with Crippen molar-refractivity contribution in [3.63, 3.8) is 0 Å². The van der Waals surface area contributed by atoms with Crippen LogP contribution in [0.25, 0.3) is 11.0 Å². The molecule has 0 saturated carbocycles. The van der Waals surface area contributed by atoms with E-state index in [0.717, 1.165) is 16.6 Å². The summed E-state index contributed by atoms with van der Waals surface area (Å²) < 4.78 is 0. The Hall–Kier alpha value is -3.13. The Morgan fingerprint density at radius 3 is 3.05 bits per heavy atom. The van der Waals surface area contributed by atoms with Crippen molar-refractivity contribution in [2.75, 3.05) is 5.32 Å². The van der Waals surface area contributed by atoms with E-state index in [9.17, 15) is 4.79 Å². The van der Waals surface area contributed by atoms with Crippen molar-refractivity contribution in [1.29, 1.82) is 5.26 Å². The molecule has 0 radical (unpaired) electrons. The van der Waals surface area contributed by atoms with Gasteiger partial charge in [-0.05, 0) is 36.8 Å². The summed E-state index contributed by atoms with van der Waals surface area (Å²) in [6.07, 6.45) is 3.48. The SMILES string of the molecule is Cc1c[nH]c2ncc(NC(=O)c3cccc(C#N)c3)cc12. The molecule has 5 heteroatoms. The van der Waals surface area contributed by atoms with E-state index in [4.69, 9.17) is 5.26 Å². The zero-order chi connectivity index (χ0) is 14.8. The highest BCUT2D eigenvalue weighted by Crippen LogP contribution is 2.19. The van der Waals surface area contributed by atoms with Crippen LogP contribution in [0, 0.1) is 18.3 Å². The summed E-state index contributed by atoms with van der Waals surface area (Å²) in [7, 11) is 0. The molecule has 0 aliphatic rings. The molecular weight excluding hydrogens is 264 g/mol. The van der Waals surface area contributed by atoms with Crippen molar-refractivity contribution in [2.45, 2.75) is 6.92 Å². The first-order valence-corrected chi connectivity index (χ1v) is 6.42. The van der Waals surface area contributed by atoms with E-state index >= 15 is 0 Å². The van der Waals surface area contributed by atoms with Gasteiger partial charge in [0.2, 0.25) is 0 Å². The minimum atomic E-state index is -0.263. The lowest BCUT2D eigenvalue weighted by atomic mass is 10.1. The van der Waals surface area contributed by atoms with Crippen LogP contribution in [-0.4, -0.2) is 15.9 Å². The highest BCUT2D eigenvalue weighted by Gasteiger charge is 2.08. The second-order valence-electron chi connectivity index (χ2n) is 4.74. The molecule has 102 valence electrons. The molecule has 21 heavy (non-hydrogen) atoms. The predicted molar refractivity (Wildman–Crippen MR) is 79.9 cm³/mol. The second kappa shape index (κ2) is 5.10. The number of hydrogen-bond acceptors (Lipinski definition) is 3. The number of aromatic nitrogens is 2. The van der Waals surface area contributed by atoms with E-state index in [1.54, 1.807) is 30.5 Å². The molecule has 0 aliphatic carbocycles. The molecule has 3 aromatic rings. The Morgan fingerprint density at radius 1 is 1.38 bits per heavy atom. The first-order chi connectivity index (χ1) is 10.2. The lowest BCUT2D eigenvalue weighted by Crippen LogP contribution is -2.12. The molecule has 2 heterocycles. The average molecular weight is 276 g/mol. The van der Waals surface area contributed by atoms with Gasteiger partial charge in [-0.2, -0.15) is 5.26 Å². The Bertz CT molecular complexity index is 873. The van der Waals surface area contributed by atoms with Gasteiger partial charge in [0.05, 0.1) is 23.5 Å². The zero-order valence-electron chi connectivity index (χ0n) is 11.3. The van der Waals surface area contributed by atoms with Gasteiger partial charge in [-0.25, -0.2) is 4.98 Å². The number of H-pyrrole nitrogens is 1. The number of pyridine rings is 1. The second-order valence-corrected chi connectivity index (χ2v) is 4.74. The topological polar surface area (TPSA) is 81.6 Å². The van der Waals surface area contributed by atoms with Gasteiger partial charge in [0.1, 0.15) is 5.65 Å². The van der Waals surface area contributed by atoms with Gasteiger partial charge in [0.15, 0.2) is 0 Å². The van der Waals surface area contributed by atoms with Gasteiger partial charge in [0.25, 0.3) is 5.91 Å². The summed E-state index contributed by atoms with van der Waals surface area (Å²) in [5, 5.41) is 12.6. The number of amides is 1. The van der Waals surface area contributed by atoms with E-state index in [0.29, 0.717) is 16.8 Å². The number of aryl methyl sites for hydroxylation is 1. The van der Waals surface area contributed by atoms with Crippen LogP contribution in [0.15, 0.2) is 42.7 Å². The van der Waals surface area contributed by atoms with E-state index in [2.05, 4.69) is 15.3 Å². The first-order valence-electron chi connectivity index (χ1n) is 6.42. The van der Waals surface area contributed by atoms with Gasteiger partial charge >= 0.3 is 0 Å². The fraction of sp³-hybridized carbons (Fsp3) is 0.0625. The van der Waals surface area contributed by atoms with Gasteiger partial charge in [-0.3, -0.25) is 4.79 Å². The van der Waals surface area contributed by atoms with Gasteiger partial charge < -0.3 is 10.3 Å². The fourth-order valence-corrected chi connectivity index (χ4v) is 2.14. The van der Waals surface area contributed by atoms with Crippen LogP contribution in [0.1, 0.15) is 21.5 Å². The van der Waals surface area contributed by atoms with Crippen molar-refractivity contribution in [3.05, 3.63) is 59.4 Å². The quantitative estimate of drug-likeness (QED) is 0.754. The molecule has 3 rings (SSSR count). The molecule has 0 fully saturated rings. The summed E-state index contributed by atoms with van der Waals surface area (Å²) in [4.78, 5) is 19.5. The molecule has 0 saturated heterocycles. The Morgan fingerprint density at radius 2 is 2.24 bits per heavy atom. The summed E-state index contributed by atoms with van der Waals surface area (Å²) in [6.45, 7) is 1.97. The predicted octanol–water partition coefficient (Wildman–Crippen LogP) is 3.00. The molecule has 2 N–H and O–H groups in total. The van der Waals surface area contributed by atoms with Crippen LogP contribution < -0.4 is 5.32 Å².